The van der Waals surface area contributed by atoms with Gasteiger partial charge in [0.1, 0.15) is 16.0 Å². The molecule has 10 heteroatoms. The van der Waals surface area contributed by atoms with Crippen molar-refractivity contribution in [3.05, 3.63) is 158 Å². The van der Waals surface area contributed by atoms with E-state index in [4.69, 9.17) is 18.9 Å². The first kappa shape index (κ1) is 33.3. The lowest BCUT2D eigenvalue weighted by molar-refractivity contribution is 0.424. The number of benzene rings is 7. The molecule has 13 aromatic rings. The van der Waals surface area contributed by atoms with E-state index in [1.165, 1.54) is 4.70 Å². The molecule has 60 heavy (non-hydrogen) atoms. The molecule has 8 nitrogen and oxygen atoms in total. The number of para-hydroxylation sites is 4. The molecule has 6 heterocycles. The van der Waals surface area contributed by atoms with Gasteiger partial charge in [0.2, 0.25) is 5.89 Å². The molecule has 0 unspecified atom stereocenters. The summed E-state index contributed by atoms with van der Waals surface area (Å²) in [4.78, 5) is 19.5. The van der Waals surface area contributed by atoms with E-state index in [2.05, 4.69) is 136 Å². The van der Waals surface area contributed by atoms with Gasteiger partial charge in [-0.05, 0) is 65.4 Å². The Morgan fingerprint density at radius 1 is 0.533 bits per heavy atom. The number of hydrogen-bond acceptors (Lipinski definition) is 8. The van der Waals surface area contributed by atoms with E-state index in [1.807, 2.05) is 42.5 Å². The topological polar surface area (TPSA) is 109 Å². The Bertz CT molecular complexity index is 3520. The van der Waals surface area contributed by atoms with Crippen LogP contribution in [0.15, 0.2) is 167 Å². The number of thiazole rings is 1. The molecule has 0 aliphatic rings. The first-order chi connectivity index (χ1) is 29.7. The molecule has 282 valence electrons. The molecule has 7 aromatic carbocycles. The third-order valence-electron chi connectivity index (χ3n) is 11.4. The number of oxazole rings is 1. The van der Waals surface area contributed by atoms with Gasteiger partial charge in [0, 0.05) is 76.4 Å². The first-order valence-corrected chi connectivity index (χ1v) is 21.2. The summed E-state index contributed by atoms with van der Waals surface area (Å²) in [6.07, 6.45) is 2.09. The monoisotopic (exact) mass is 808 g/mol. The largest absolute Gasteiger partial charge is 0.436 e. The average molecular weight is 809 g/mol. The highest BCUT2D eigenvalue weighted by molar-refractivity contribution is 7.22. The van der Waals surface area contributed by atoms with Crippen LogP contribution in [0.5, 0.6) is 0 Å². The van der Waals surface area contributed by atoms with Crippen LogP contribution in [0.2, 0.25) is 0 Å². The van der Waals surface area contributed by atoms with E-state index in [1.54, 1.807) is 22.7 Å². The van der Waals surface area contributed by atoms with Gasteiger partial charge < -0.3 is 18.9 Å². The molecule has 0 bridgehead atoms. The van der Waals surface area contributed by atoms with Crippen molar-refractivity contribution in [3.8, 4) is 66.1 Å². The van der Waals surface area contributed by atoms with E-state index in [0.29, 0.717) is 22.6 Å². The average Bonchev–Trinajstić information content (AvgIpc) is 4.15. The van der Waals surface area contributed by atoms with Gasteiger partial charge in [-0.15, -0.1) is 27.8 Å². The number of thiophene rings is 1. The lowest BCUT2D eigenvalue weighted by Crippen LogP contribution is -2.02. The van der Waals surface area contributed by atoms with E-state index in [0.717, 1.165) is 103 Å². The Morgan fingerprint density at radius 3 is 2.17 bits per heavy atom. The summed E-state index contributed by atoms with van der Waals surface area (Å²) in [5.74, 6) is 0.469. The fraction of sp³-hybridized carbons (Fsp3) is 0. The fourth-order valence-corrected chi connectivity index (χ4v) is 10.9. The second-order valence-corrected chi connectivity index (χ2v) is 16.9. The maximum absolute atomic E-state index is 6.94. The molecule has 0 fully saturated rings. The lowest BCUT2D eigenvalue weighted by atomic mass is 9.80. The summed E-state index contributed by atoms with van der Waals surface area (Å²) < 4.78 is 15.0. The van der Waals surface area contributed by atoms with Gasteiger partial charge >= 0.3 is 0 Å². The zero-order chi connectivity index (χ0) is 39.3. The maximum atomic E-state index is 6.94. The van der Waals surface area contributed by atoms with E-state index < -0.39 is 0 Å². The molecule has 0 aliphatic heterocycles. The van der Waals surface area contributed by atoms with Crippen molar-refractivity contribution >= 4 is 86.9 Å². The number of fused-ring (bicyclic) bond motifs is 6. The zero-order valence-corrected chi connectivity index (χ0v) is 33.1. The second kappa shape index (κ2) is 12.9. The minimum Gasteiger partial charge on any atom is -0.436 e. The lowest BCUT2D eigenvalue weighted by Gasteiger charge is -2.25. The quantitative estimate of drug-likeness (QED) is 0.173. The molecular weight excluding hydrogens is 781 g/mol. The van der Waals surface area contributed by atoms with Crippen molar-refractivity contribution in [2.24, 2.45) is 0 Å². The molecule has 6 aromatic heterocycles. The molecule has 0 spiro atoms. The van der Waals surface area contributed by atoms with Crippen LogP contribution in [0, 0.1) is 0 Å². The smallest absolute Gasteiger partial charge is 0.228 e. The summed E-state index contributed by atoms with van der Waals surface area (Å²) >= 11 is 3.42. The van der Waals surface area contributed by atoms with Gasteiger partial charge in [-0.1, -0.05) is 97.1 Å². The predicted molar refractivity (Wildman–Crippen MR) is 244 cm³/mol. The summed E-state index contributed by atoms with van der Waals surface area (Å²) in [6, 6.07) is 52.3. The molecule has 0 amide bonds. The van der Waals surface area contributed by atoms with Crippen LogP contribution in [0.1, 0.15) is 0 Å². The number of aromatic amines is 2. The van der Waals surface area contributed by atoms with Crippen LogP contribution in [-0.2, 0) is 0 Å². The van der Waals surface area contributed by atoms with Crippen molar-refractivity contribution in [1.29, 1.82) is 0 Å². The molecule has 13 rings (SSSR count). The number of hydrogen-bond donors (Lipinski definition) is 2. The summed E-state index contributed by atoms with van der Waals surface area (Å²) in [6.45, 7) is 0. The number of rotatable bonds is 6. The third kappa shape index (κ3) is 5.01. The Labute approximate surface area is 348 Å². The summed E-state index contributed by atoms with van der Waals surface area (Å²) in [5, 5.41) is 14.0. The summed E-state index contributed by atoms with van der Waals surface area (Å²) in [7, 11) is 0. The van der Waals surface area contributed by atoms with E-state index in [9.17, 15) is 0 Å². The van der Waals surface area contributed by atoms with E-state index in [-0.39, 0.29) is 0 Å². The molecule has 2 N–H and O–H groups in total. The number of nitrogens with zero attached hydrogens (tertiary/aromatic N) is 4. The zero-order valence-electron chi connectivity index (χ0n) is 31.4. The molecule has 0 radical (unpaired) electrons. The molecule has 0 atom stereocenters. The normalized spacial score (nSPS) is 12.0. The highest BCUT2D eigenvalue weighted by Crippen LogP contribution is 2.59. The van der Waals surface area contributed by atoms with Crippen molar-refractivity contribution in [1.82, 2.24) is 30.3 Å². The van der Waals surface area contributed by atoms with Gasteiger partial charge in [-0.25, -0.2) is 9.97 Å². The van der Waals surface area contributed by atoms with Crippen LogP contribution < -0.4 is 0 Å². The molecule has 0 saturated carbocycles. The molecule has 0 aliphatic carbocycles. The Hall–Kier alpha value is -7.66. The van der Waals surface area contributed by atoms with Crippen LogP contribution in [-0.4, -0.2) is 30.3 Å². The Morgan fingerprint density at radius 2 is 1.30 bits per heavy atom. The van der Waals surface area contributed by atoms with Gasteiger partial charge in [0.25, 0.3) is 0 Å². The van der Waals surface area contributed by atoms with Crippen molar-refractivity contribution in [2.75, 3.05) is 0 Å². The van der Waals surface area contributed by atoms with Crippen LogP contribution >= 0.6 is 22.7 Å². The third-order valence-corrected chi connectivity index (χ3v) is 13.6. The SMILES string of the molecule is c1ccc2[nH]c(-c3c(-c4cc5ccccc5s4)c(-c4cccc5onnc45)c(-c4nc5ccccc5o4)c(-c4nc5ccccc5s4)c3-c3[nH]cc4ccccc34)cc2c1. The Balaban J connectivity index is 1.35. The molecule has 0 saturated heterocycles. The van der Waals surface area contributed by atoms with Gasteiger partial charge in [-0.3, -0.25) is 0 Å². The van der Waals surface area contributed by atoms with E-state index >= 15 is 0 Å². The minimum absolute atomic E-state index is 0.469. The maximum Gasteiger partial charge on any atom is 0.228 e. The highest BCUT2D eigenvalue weighted by atomic mass is 32.1. The molecular formula is C50H28N6O2S2. The fourth-order valence-electron chi connectivity index (χ4n) is 8.78. The Kier molecular flexibility index (Phi) is 7.18. The van der Waals surface area contributed by atoms with Crippen molar-refractivity contribution < 1.29 is 8.94 Å². The second-order valence-electron chi connectivity index (χ2n) is 14.8. The van der Waals surface area contributed by atoms with Gasteiger partial charge in [0.05, 0.1) is 21.5 Å². The highest BCUT2D eigenvalue weighted by Gasteiger charge is 2.35. The first-order valence-electron chi connectivity index (χ1n) is 19.5. The van der Waals surface area contributed by atoms with Crippen LogP contribution in [0.4, 0.5) is 0 Å². The van der Waals surface area contributed by atoms with Crippen molar-refractivity contribution in [3.63, 3.8) is 0 Å². The standard InChI is InChI=1S/C50H28N6O2S2/c1-4-15-30-29(14-1)26-51-48(30)44-42(35-24-27-12-2-5-17-32(27)52-35)43(40-25-28-13-3-9-22-38(28)59-40)41(31-16-11-21-37-47(31)55-56-58-37)45(49-53-33-18-6-8-20-36(33)57-49)46(44)50-54-34-19-7-10-23-39(34)60-50/h1-26,51-52H. The number of nitrogens with one attached hydrogen (secondary N) is 2. The minimum atomic E-state index is 0.469. The van der Waals surface area contributed by atoms with Gasteiger partial charge in [-0.2, -0.15) is 0 Å². The predicted octanol–water partition coefficient (Wildman–Crippen LogP) is 14.2. The van der Waals surface area contributed by atoms with Crippen LogP contribution in [0.3, 0.4) is 0 Å². The summed E-state index contributed by atoms with van der Waals surface area (Å²) in [5.41, 5.74) is 12.9. The number of aromatic nitrogens is 6. The van der Waals surface area contributed by atoms with Crippen LogP contribution in [0.25, 0.3) is 130 Å². The number of H-pyrrole nitrogens is 2. The van der Waals surface area contributed by atoms with Crippen molar-refractivity contribution in [2.45, 2.75) is 0 Å². The van der Waals surface area contributed by atoms with Gasteiger partial charge in [0.15, 0.2) is 11.2 Å².